The lowest BCUT2D eigenvalue weighted by Crippen LogP contribution is -2.50. The van der Waals surface area contributed by atoms with Gasteiger partial charge in [0.1, 0.15) is 22.7 Å². The highest BCUT2D eigenvalue weighted by atomic mass is 32.2. The van der Waals surface area contributed by atoms with Crippen molar-refractivity contribution < 1.29 is 22.3 Å². The van der Waals surface area contributed by atoms with Crippen LogP contribution in [-0.4, -0.2) is 74.9 Å². The molecule has 3 N–H and O–H groups in total. The van der Waals surface area contributed by atoms with Crippen molar-refractivity contribution in [1.29, 1.82) is 5.41 Å². The van der Waals surface area contributed by atoms with Crippen LogP contribution in [0.3, 0.4) is 0 Å². The lowest BCUT2D eigenvalue weighted by molar-refractivity contribution is 0.0937. The predicted molar refractivity (Wildman–Crippen MR) is 117 cm³/mol. The summed E-state index contributed by atoms with van der Waals surface area (Å²) in [6, 6.07) is 12.1. The van der Waals surface area contributed by atoms with Gasteiger partial charge < -0.3 is 10.5 Å². The third-order valence-electron chi connectivity index (χ3n) is 5.61. The number of nitrogen functional groups attached to an aromatic ring is 1. The lowest BCUT2D eigenvalue weighted by Gasteiger charge is -2.34. The summed E-state index contributed by atoms with van der Waals surface area (Å²) in [4.78, 5) is 15.6. The highest BCUT2D eigenvalue weighted by Crippen LogP contribution is 2.24. The third-order valence-corrected chi connectivity index (χ3v) is 7.54. The molecular formula is C21H24FN5O4S. The predicted octanol–water partition coefficient (Wildman–Crippen LogP) is 1.44. The molecule has 2 aromatic rings. The van der Waals surface area contributed by atoms with E-state index in [-0.39, 0.29) is 29.9 Å². The molecule has 0 saturated carbocycles. The summed E-state index contributed by atoms with van der Waals surface area (Å²) in [5, 5.41) is 7.45. The van der Waals surface area contributed by atoms with Gasteiger partial charge in [0.25, 0.3) is 0 Å². The molecule has 0 aromatic heterocycles. The molecule has 0 aliphatic carbocycles. The molecule has 4 rings (SSSR count). The van der Waals surface area contributed by atoms with Crippen molar-refractivity contribution in [3.63, 3.8) is 0 Å². The Labute approximate surface area is 185 Å². The van der Waals surface area contributed by atoms with Crippen LogP contribution in [-0.2, 0) is 14.8 Å². The van der Waals surface area contributed by atoms with Gasteiger partial charge in [-0.1, -0.05) is 12.1 Å². The standard InChI is InChI=1S/C21H24FN5O4S/c22-18-3-1-2-4-19(18)32(29,30)26-11-9-25(10-12-26)13-17-14-27(21(28)31-17)16-7-5-15(6-8-16)20(23)24/h1-8,17H,9-14H2,(H3,23,24). The number of benzene rings is 2. The van der Waals surface area contributed by atoms with Crippen LogP contribution in [0.25, 0.3) is 0 Å². The van der Waals surface area contributed by atoms with Gasteiger partial charge in [-0.2, -0.15) is 4.31 Å². The molecule has 2 aromatic carbocycles. The van der Waals surface area contributed by atoms with Crippen molar-refractivity contribution in [3.8, 4) is 0 Å². The molecule has 0 bridgehead atoms. The average Bonchev–Trinajstić information content (AvgIpc) is 3.14. The van der Waals surface area contributed by atoms with Crippen molar-refractivity contribution in [2.24, 2.45) is 5.73 Å². The number of amides is 1. The molecular weight excluding hydrogens is 437 g/mol. The van der Waals surface area contributed by atoms with Gasteiger partial charge in [-0.25, -0.2) is 17.6 Å². The van der Waals surface area contributed by atoms with Crippen LogP contribution in [0.5, 0.6) is 0 Å². The number of cyclic esters (lactones) is 1. The molecule has 170 valence electrons. The molecule has 32 heavy (non-hydrogen) atoms. The number of halogens is 1. The van der Waals surface area contributed by atoms with E-state index < -0.39 is 21.9 Å². The molecule has 0 radical (unpaired) electrons. The topological polar surface area (TPSA) is 120 Å². The number of hydrogen-bond acceptors (Lipinski definition) is 6. The van der Waals surface area contributed by atoms with E-state index in [1.165, 1.54) is 27.4 Å². The fraction of sp³-hybridized carbons (Fsp3) is 0.333. The molecule has 9 nitrogen and oxygen atoms in total. The molecule has 2 saturated heterocycles. The van der Waals surface area contributed by atoms with Gasteiger partial charge in [0, 0.05) is 44.0 Å². The second-order valence-corrected chi connectivity index (χ2v) is 9.62. The number of nitrogens with two attached hydrogens (primary N) is 1. The summed E-state index contributed by atoms with van der Waals surface area (Å²) in [6.07, 6.45) is -0.809. The fourth-order valence-corrected chi connectivity index (χ4v) is 5.37. The first-order chi connectivity index (χ1) is 15.3. The Morgan fingerprint density at radius 3 is 2.38 bits per heavy atom. The SMILES string of the molecule is N=C(N)c1ccc(N2CC(CN3CCN(S(=O)(=O)c4ccccc4F)CC3)OC2=O)cc1. The first-order valence-electron chi connectivity index (χ1n) is 10.2. The van der Waals surface area contributed by atoms with Crippen molar-refractivity contribution in [1.82, 2.24) is 9.21 Å². The number of sulfonamides is 1. The molecule has 2 aliphatic rings. The maximum Gasteiger partial charge on any atom is 0.414 e. The van der Waals surface area contributed by atoms with Gasteiger partial charge in [0.05, 0.1) is 6.54 Å². The maximum atomic E-state index is 14.0. The van der Waals surface area contributed by atoms with Crippen molar-refractivity contribution in [2.75, 3.05) is 44.2 Å². The minimum Gasteiger partial charge on any atom is -0.443 e. The third kappa shape index (κ3) is 4.45. The number of amidine groups is 1. The number of piperazine rings is 1. The Hall–Kier alpha value is -3.02. The zero-order valence-electron chi connectivity index (χ0n) is 17.3. The summed E-state index contributed by atoms with van der Waals surface area (Å²) >= 11 is 0. The molecule has 2 heterocycles. The van der Waals surface area contributed by atoms with Crippen LogP contribution in [0.1, 0.15) is 5.56 Å². The van der Waals surface area contributed by atoms with E-state index >= 15 is 0 Å². The first kappa shape index (κ1) is 22.2. The highest BCUT2D eigenvalue weighted by molar-refractivity contribution is 7.89. The normalized spacial score (nSPS) is 20.3. The molecule has 11 heteroatoms. The molecule has 2 aliphatic heterocycles. The Morgan fingerprint density at radius 2 is 1.75 bits per heavy atom. The number of rotatable bonds is 6. The van der Waals surface area contributed by atoms with Gasteiger partial charge >= 0.3 is 6.09 Å². The van der Waals surface area contributed by atoms with E-state index in [2.05, 4.69) is 0 Å². The minimum atomic E-state index is -3.89. The smallest absolute Gasteiger partial charge is 0.414 e. The van der Waals surface area contributed by atoms with Crippen molar-refractivity contribution >= 4 is 27.6 Å². The number of anilines is 1. The van der Waals surface area contributed by atoms with E-state index in [0.717, 1.165) is 6.07 Å². The molecule has 1 amide bonds. The minimum absolute atomic E-state index is 0.0467. The number of ether oxygens (including phenoxy) is 1. The zero-order chi connectivity index (χ0) is 22.9. The van der Waals surface area contributed by atoms with Crippen LogP contribution < -0.4 is 10.6 Å². The van der Waals surface area contributed by atoms with Crippen molar-refractivity contribution in [3.05, 3.63) is 59.9 Å². The maximum absolute atomic E-state index is 14.0. The van der Waals surface area contributed by atoms with Crippen LogP contribution in [0.2, 0.25) is 0 Å². The van der Waals surface area contributed by atoms with E-state index in [4.69, 9.17) is 15.9 Å². The van der Waals surface area contributed by atoms with E-state index in [1.807, 2.05) is 4.90 Å². The van der Waals surface area contributed by atoms with Crippen LogP contribution >= 0.6 is 0 Å². The Bertz CT molecular complexity index is 1120. The van der Waals surface area contributed by atoms with E-state index in [9.17, 15) is 17.6 Å². The number of carbonyl (C=O) groups excluding carboxylic acids is 1. The quantitative estimate of drug-likeness (QED) is 0.496. The number of nitrogens with one attached hydrogen (secondary N) is 1. The van der Waals surface area contributed by atoms with E-state index in [0.29, 0.717) is 37.4 Å². The second-order valence-electron chi connectivity index (χ2n) is 7.71. The Balaban J connectivity index is 1.33. The Kier molecular flexibility index (Phi) is 6.13. The van der Waals surface area contributed by atoms with Gasteiger partial charge in [-0.05, 0) is 36.4 Å². The zero-order valence-corrected chi connectivity index (χ0v) is 18.1. The Morgan fingerprint density at radius 1 is 1.09 bits per heavy atom. The summed E-state index contributed by atoms with van der Waals surface area (Å²) < 4.78 is 46.2. The lowest BCUT2D eigenvalue weighted by atomic mass is 10.2. The van der Waals surface area contributed by atoms with E-state index in [1.54, 1.807) is 24.3 Å². The summed E-state index contributed by atoms with van der Waals surface area (Å²) in [7, 11) is -3.89. The summed E-state index contributed by atoms with van der Waals surface area (Å²) in [5.41, 5.74) is 6.69. The van der Waals surface area contributed by atoms with Gasteiger partial charge in [-0.3, -0.25) is 15.2 Å². The molecule has 0 spiro atoms. The van der Waals surface area contributed by atoms with Gasteiger partial charge in [0.2, 0.25) is 10.0 Å². The number of carbonyl (C=O) groups is 1. The summed E-state index contributed by atoms with van der Waals surface area (Å²) in [6.45, 7) is 2.21. The molecule has 1 unspecified atom stereocenters. The molecule has 1 atom stereocenters. The summed E-state index contributed by atoms with van der Waals surface area (Å²) in [5.74, 6) is -0.807. The highest BCUT2D eigenvalue weighted by Gasteiger charge is 2.36. The monoisotopic (exact) mass is 461 g/mol. The average molecular weight is 462 g/mol. The second kappa shape index (κ2) is 8.85. The molecule has 2 fully saturated rings. The van der Waals surface area contributed by atoms with Gasteiger partial charge in [-0.15, -0.1) is 0 Å². The van der Waals surface area contributed by atoms with Crippen LogP contribution in [0.15, 0.2) is 53.4 Å². The first-order valence-corrected chi connectivity index (χ1v) is 11.6. The van der Waals surface area contributed by atoms with Crippen LogP contribution in [0.4, 0.5) is 14.9 Å². The number of hydrogen-bond donors (Lipinski definition) is 2. The van der Waals surface area contributed by atoms with Gasteiger partial charge in [0.15, 0.2) is 0 Å². The number of nitrogens with zero attached hydrogens (tertiary/aromatic N) is 3. The van der Waals surface area contributed by atoms with Crippen LogP contribution in [0, 0.1) is 11.2 Å². The largest absolute Gasteiger partial charge is 0.443 e. The van der Waals surface area contributed by atoms with Crippen molar-refractivity contribution in [2.45, 2.75) is 11.0 Å². The fourth-order valence-electron chi connectivity index (χ4n) is 3.88.